The van der Waals surface area contributed by atoms with Crippen LogP contribution < -0.4 is 0 Å². The zero-order valence-corrected chi connectivity index (χ0v) is 19.2. The number of rotatable bonds is 9. The van der Waals surface area contributed by atoms with Crippen LogP contribution in [0.2, 0.25) is 0 Å². The van der Waals surface area contributed by atoms with E-state index in [0.29, 0.717) is 12.2 Å². The highest BCUT2D eigenvalue weighted by Gasteiger charge is 2.48. The zero-order chi connectivity index (χ0) is 22.4. The van der Waals surface area contributed by atoms with Gasteiger partial charge in [0.05, 0.1) is 25.8 Å². The summed E-state index contributed by atoms with van der Waals surface area (Å²) in [5, 5.41) is 11.6. The van der Waals surface area contributed by atoms with Gasteiger partial charge in [-0.05, 0) is 24.8 Å². The molecule has 172 valence electrons. The van der Waals surface area contributed by atoms with Crippen molar-refractivity contribution in [1.82, 2.24) is 9.97 Å². The quantitative estimate of drug-likeness (QED) is 0.478. The minimum atomic E-state index is -1.55. The van der Waals surface area contributed by atoms with E-state index in [4.69, 9.17) is 4.74 Å². The molecular formula is C26H36N3O3+. The number of hydrogen-bond donors (Lipinski definition) is 1. The molecule has 6 heteroatoms. The van der Waals surface area contributed by atoms with Gasteiger partial charge >= 0.3 is 5.97 Å². The van der Waals surface area contributed by atoms with Crippen molar-refractivity contribution >= 4 is 5.97 Å². The third kappa shape index (κ3) is 4.86. The van der Waals surface area contributed by atoms with Crippen molar-refractivity contribution < 1.29 is 19.1 Å². The molecule has 32 heavy (non-hydrogen) atoms. The first kappa shape index (κ1) is 22.9. The lowest BCUT2D eigenvalue weighted by Gasteiger charge is -2.37. The summed E-state index contributed by atoms with van der Waals surface area (Å²) in [6.45, 7) is 2.47. The number of carbonyl (C=O) groups is 1. The van der Waals surface area contributed by atoms with Crippen molar-refractivity contribution in [2.75, 3.05) is 26.7 Å². The van der Waals surface area contributed by atoms with Gasteiger partial charge in [0.15, 0.2) is 5.60 Å². The Morgan fingerprint density at radius 2 is 1.94 bits per heavy atom. The van der Waals surface area contributed by atoms with E-state index in [1.807, 2.05) is 36.5 Å². The predicted molar refractivity (Wildman–Crippen MR) is 123 cm³/mol. The summed E-state index contributed by atoms with van der Waals surface area (Å²) in [6.07, 6.45) is 13.2. The molecule has 2 heterocycles. The van der Waals surface area contributed by atoms with E-state index in [1.54, 1.807) is 12.4 Å². The number of likely N-dealkylation sites (N-methyl/N-ethyl adjacent to an activating group) is 1. The molecule has 4 rings (SSSR count). The van der Waals surface area contributed by atoms with Gasteiger partial charge in [0.2, 0.25) is 0 Å². The SMILES string of the molecule is C[N@+]1(CCCc2cnccn2)CCCC1COC(=O)C(O)(c1ccccc1)C1CCCC1. The lowest BCUT2D eigenvalue weighted by Crippen LogP contribution is -2.52. The molecule has 1 saturated carbocycles. The van der Waals surface area contributed by atoms with Gasteiger partial charge in [0, 0.05) is 43.8 Å². The molecule has 2 aliphatic rings. The molecule has 1 aliphatic heterocycles. The number of likely N-dealkylation sites (tertiary alicyclic amines) is 1. The van der Waals surface area contributed by atoms with Crippen LogP contribution in [0.4, 0.5) is 0 Å². The standard InChI is InChI=1S/C26H36N3O3/c1-29(17-7-13-23-19-27-15-16-28-23)18-8-14-24(29)20-32-25(30)26(31,22-11-5-6-12-22)21-9-3-2-4-10-21/h2-4,9-10,15-16,19,22,24,31H,5-8,11-14,17-18,20H2,1H3/q+1/t24?,26?,29-/m0/s1. The fraction of sp³-hybridized carbons (Fsp3) is 0.577. The van der Waals surface area contributed by atoms with Crippen LogP contribution in [0.3, 0.4) is 0 Å². The van der Waals surface area contributed by atoms with Gasteiger partial charge in [0.25, 0.3) is 0 Å². The Bertz CT molecular complexity index is 872. The fourth-order valence-electron chi connectivity index (χ4n) is 5.66. The summed E-state index contributed by atoms with van der Waals surface area (Å²) in [7, 11) is 2.27. The lowest BCUT2D eigenvalue weighted by atomic mass is 9.80. The Balaban J connectivity index is 1.38. The number of nitrogens with zero attached hydrogens (tertiary/aromatic N) is 3. The van der Waals surface area contributed by atoms with Gasteiger partial charge in [-0.3, -0.25) is 9.97 Å². The third-order valence-electron chi connectivity index (χ3n) is 7.68. The molecule has 1 aromatic carbocycles. The highest BCUT2D eigenvalue weighted by molar-refractivity contribution is 5.81. The van der Waals surface area contributed by atoms with Crippen LogP contribution in [-0.2, 0) is 21.6 Å². The van der Waals surface area contributed by atoms with Gasteiger partial charge in [-0.15, -0.1) is 0 Å². The number of ether oxygens (including phenoxy) is 1. The second-order valence-corrected chi connectivity index (χ2v) is 9.74. The summed E-state index contributed by atoms with van der Waals surface area (Å²) < 4.78 is 6.79. The van der Waals surface area contributed by atoms with Gasteiger partial charge in [-0.1, -0.05) is 43.2 Å². The molecule has 6 nitrogen and oxygen atoms in total. The molecule has 0 spiro atoms. The van der Waals surface area contributed by atoms with Crippen molar-refractivity contribution in [3.8, 4) is 0 Å². The first-order chi connectivity index (χ1) is 15.5. The topological polar surface area (TPSA) is 72.3 Å². The minimum Gasteiger partial charge on any atom is -0.457 e. The van der Waals surface area contributed by atoms with Crippen molar-refractivity contribution in [3.63, 3.8) is 0 Å². The molecule has 3 atom stereocenters. The first-order valence-corrected chi connectivity index (χ1v) is 12.1. The highest BCUT2D eigenvalue weighted by Crippen LogP contribution is 2.41. The molecule has 0 radical (unpaired) electrons. The molecule has 1 aliphatic carbocycles. The summed E-state index contributed by atoms with van der Waals surface area (Å²) in [5.41, 5.74) is 0.126. The number of hydrogen-bond acceptors (Lipinski definition) is 5. The van der Waals surface area contributed by atoms with Crippen molar-refractivity contribution in [3.05, 3.63) is 60.2 Å². The highest BCUT2D eigenvalue weighted by atomic mass is 16.6. The molecule has 2 fully saturated rings. The Hall–Kier alpha value is -2.31. The third-order valence-corrected chi connectivity index (χ3v) is 7.68. The van der Waals surface area contributed by atoms with Gasteiger partial charge in [-0.2, -0.15) is 0 Å². The minimum absolute atomic E-state index is 0.0752. The summed E-state index contributed by atoms with van der Waals surface area (Å²) in [6, 6.07) is 9.63. The monoisotopic (exact) mass is 438 g/mol. The summed E-state index contributed by atoms with van der Waals surface area (Å²) in [4.78, 5) is 21.8. The Kier molecular flexibility index (Phi) is 7.21. The Labute approximate surface area is 191 Å². The van der Waals surface area contributed by atoms with Crippen LogP contribution in [-0.4, -0.2) is 58.3 Å². The van der Waals surface area contributed by atoms with Crippen molar-refractivity contribution in [2.45, 2.75) is 63.0 Å². The van der Waals surface area contributed by atoms with Crippen LogP contribution in [0.15, 0.2) is 48.9 Å². The largest absolute Gasteiger partial charge is 0.457 e. The molecule has 1 saturated heterocycles. The summed E-state index contributed by atoms with van der Waals surface area (Å²) in [5.74, 6) is -0.553. The van der Waals surface area contributed by atoms with E-state index in [-0.39, 0.29) is 12.0 Å². The van der Waals surface area contributed by atoms with Crippen LogP contribution >= 0.6 is 0 Å². The Morgan fingerprint density at radius 3 is 2.66 bits per heavy atom. The van der Waals surface area contributed by atoms with Gasteiger partial charge in [0.1, 0.15) is 12.6 Å². The number of benzene rings is 1. The van der Waals surface area contributed by atoms with E-state index >= 15 is 0 Å². The molecule has 0 amide bonds. The first-order valence-electron chi connectivity index (χ1n) is 12.1. The van der Waals surface area contributed by atoms with Crippen LogP contribution in [0.25, 0.3) is 0 Å². The van der Waals surface area contributed by atoms with Gasteiger partial charge in [-0.25, -0.2) is 4.79 Å². The average Bonchev–Trinajstić information content (AvgIpc) is 3.49. The van der Waals surface area contributed by atoms with Crippen molar-refractivity contribution in [1.29, 1.82) is 0 Å². The maximum absolute atomic E-state index is 13.3. The van der Waals surface area contributed by atoms with Crippen LogP contribution in [0.1, 0.15) is 56.2 Å². The molecule has 1 aromatic heterocycles. The van der Waals surface area contributed by atoms with E-state index in [0.717, 1.165) is 74.6 Å². The zero-order valence-electron chi connectivity index (χ0n) is 19.2. The normalized spacial score (nSPS) is 25.5. The smallest absolute Gasteiger partial charge is 0.343 e. The van der Waals surface area contributed by atoms with Crippen LogP contribution in [0.5, 0.6) is 0 Å². The van der Waals surface area contributed by atoms with E-state index in [9.17, 15) is 9.90 Å². The van der Waals surface area contributed by atoms with Gasteiger partial charge < -0.3 is 14.3 Å². The molecule has 0 bridgehead atoms. The number of aliphatic hydroxyl groups is 1. The van der Waals surface area contributed by atoms with Crippen LogP contribution in [0, 0.1) is 5.92 Å². The maximum Gasteiger partial charge on any atom is 0.343 e. The van der Waals surface area contributed by atoms with E-state index in [1.165, 1.54) is 0 Å². The van der Waals surface area contributed by atoms with Crippen molar-refractivity contribution in [2.24, 2.45) is 5.92 Å². The predicted octanol–water partition coefficient (Wildman–Crippen LogP) is 3.64. The lowest BCUT2D eigenvalue weighted by molar-refractivity contribution is -0.921. The number of carbonyl (C=O) groups excluding carboxylic acids is 1. The van der Waals surface area contributed by atoms with E-state index < -0.39 is 11.6 Å². The molecule has 2 unspecified atom stereocenters. The number of esters is 1. The average molecular weight is 439 g/mol. The molecule has 1 N–H and O–H groups in total. The second kappa shape index (κ2) is 10.1. The second-order valence-electron chi connectivity index (χ2n) is 9.74. The number of quaternary nitrogens is 1. The number of aryl methyl sites for hydroxylation is 1. The summed E-state index contributed by atoms with van der Waals surface area (Å²) >= 11 is 0. The fourth-order valence-corrected chi connectivity index (χ4v) is 5.66. The molecular weight excluding hydrogens is 402 g/mol. The molecule has 2 aromatic rings. The number of aromatic nitrogens is 2. The van der Waals surface area contributed by atoms with E-state index in [2.05, 4.69) is 17.0 Å². The maximum atomic E-state index is 13.3. The Morgan fingerprint density at radius 1 is 1.16 bits per heavy atom.